The molecule has 4 N–H and O–H groups in total. The molecule has 4 aliphatic heterocycles. The molecule has 0 saturated carbocycles. The van der Waals surface area contributed by atoms with Gasteiger partial charge in [-0.1, -0.05) is 22.4 Å². The van der Waals surface area contributed by atoms with Gasteiger partial charge >= 0.3 is 5.97 Å². The zero-order valence-electron chi connectivity index (χ0n) is 38.3. The van der Waals surface area contributed by atoms with Crippen molar-refractivity contribution < 1.29 is 55.7 Å². The number of sulfone groups is 2. The first-order valence-corrected chi connectivity index (χ1v) is 25.8. The number of benzene rings is 2. The van der Waals surface area contributed by atoms with E-state index in [-0.39, 0.29) is 47.9 Å². The minimum atomic E-state index is -3.16. The number of hydrogen-bond acceptors (Lipinski definition) is 17. The highest BCUT2D eigenvalue weighted by Gasteiger charge is 2.44. The highest BCUT2D eigenvalue weighted by Crippen LogP contribution is 2.41. The third-order valence-corrected chi connectivity index (χ3v) is 13.1. The summed E-state index contributed by atoms with van der Waals surface area (Å²) in [6.45, 7) is 13.6. The topological polar surface area (TPSA) is 229 Å². The van der Waals surface area contributed by atoms with Crippen molar-refractivity contribution in [2.45, 2.75) is 100 Å². The minimum Gasteiger partial charge on any atom is -0.486 e. The zero-order valence-corrected chi connectivity index (χ0v) is 41.6. The average molecular weight is 995 g/mol. The van der Waals surface area contributed by atoms with Crippen molar-refractivity contribution in [2.24, 2.45) is 16.0 Å². The molecule has 0 aliphatic carbocycles. The van der Waals surface area contributed by atoms with Gasteiger partial charge in [-0.2, -0.15) is 0 Å². The van der Waals surface area contributed by atoms with Gasteiger partial charge in [0.15, 0.2) is 19.7 Å². The van der Waals surface area contributed by atoms with E-state index in [1.807, 2.05) is 20.8 Å². The Labute approximate surface area is 397 Å². The standard InChI is InChI=1S/C25H38N2O7S.C19H29N3O5S.2ClH/c1-24(2,3)34-23(28)6-5-14-32-15-13-27-11-9-25(10-12-27)17-21(26-29)20-16-19(18-35(4,30)31)7-8-22(20)33-25;1-28(24,25)14-15-2-3-18-16(12-15)17(21-23)13-19(27-18)4-7-22(8-5-19)9-11-26-10-6-20;;/h7-8,16,29H,5-6,9-15,17-18H2,1-4H3;2-3,12,23H,4-11,13-14,20H2,1H3;2*1H/b26-21-;21-17-;;. The maximum atomic E-state index is 11.7. The molecule has 0 atom stereocenters. The molecule has 0 unspecified atom stereocenters. The van der Waals surface area contributed by atoms with E-state index < -0.39 is 30.9 Å². The summed E-state index contributed by atoms with van der Waals surface area (Å²) in [7, 11) is -6.30. The van der Waals surface area contributed by atoms with Crippen molar-refractivity contribution in [2.75, 3.05) is 84.8 Å². The van der Waals surface area contributed by atoms with E-state index in [4.69, 9.17) is 29.4 Å². The van der Waals surface area contributed by atoms with Crippen LogP contribution in [-0.2, 0) is 50.2 Å². The van der Waals surface area contributed by atoms with Gasteiger partial charge in [-0.05, 0) is 62.6 Å². The molecule has 2 saturated heterocycles. The number of halogens is 2. The van der Waals surface area contributed by atoms with Crippen molar-refractivity contribution in [1.29, 1.82) is 0 Å². The molecule has 17 nitrogen and oxygen atoms in total. The number of likely N-dealkylation sites (tertiary alicyclic amines) is 2. The Kier molecular flexibility index (Phi) is 21.3. The molecule has 0 aromatic heterocycles. The molecule has 4 aliphatic rings. The van der Waals surface area contributed by atoms with Crippen molar-refractivity contribution in [3.8, 4) is 11.5 Å². The fourth-order valence-electron chi connectivity index (χ4n) is 8.40. The first-order chi connectivity index (χ1) is 29.7. The number of fused-ring (bicyclic) bond motifs is 2. The third-order valence-electron chi connectivity index (χ3n) is 11.4. The first kappa shape index (κ1) is 56.1. The summed E-state index contributed by atoms with van der Waals surface area (Å²) in [5.41, 5.74) is 7.87. The van der Waals surface area contributed by atoms with Crippen molar-refractivity contribution in [3.63, 3.8) is 0 Å². The van der Waals surface area contributed by atoms with Gasteiger partial charge in [0.25, 0.3) is 0 Å². The Hall–Kier alpha value is -3.27. The van der Waals surface area contributed by atoms with Crippen LogP contribution in [0.3, 0.4) is 0 Å². The normalized spacial score (nSPS) is 19.4. The van der Waals surface area contributed by atoms with Crippen LogP contribution < -0.4 is 15.2 Å². The van der Waals surface area contributed by atoms with E-state index in [1.54, 1.807) is 36.4 Å². The van der Waals surface area contributed by atoms with Crippen LogP contribution in [0.4, 0.5) is 0 Å². The number of carbonyl (C=O) groups excluding carboxylic acids is 1. The molecule has 0 bridgehead atoms. The summed E-state index contributed by atoms with van der Waals surface area (Å²) >= 11 is 0. The number of esters is 1. The predicted octanol–water partition coefficient (Wildman–Crippen LogP) is 5.01. The average Bonchev–Trinajstić information content (AvgIpc) is 3.20. The number of nitrogens with two attached hydrogens (primary N) is 1. The molecule has 21 heteroatoms. The number of piperidine rings is 2. The molecular formula is C44H69Cl2N5O12S2. The monoisotopic (exact) mass is 993 g/mol. The van der Waals surface area contributed by atoms with Gasteiger partial charge in [0.1, 0.15) is 28.3 Å². The number of carbonyl (C=O) groups is 1. The van der Waals surface area contributed by atoms with Crippen molar-refractivity contribution >= 4 is 61.9 Å². The van der Waals surface area contributed by atoms with E-state index in [0.29, 0.717) is 104 Å². The summed E-state index contributed by atoms with van der Waals surface area (Å²) in [6, 6.07) is 10.6. The van der Waals surface area contributed by atoms with Crippen LogP contribution in [0, 0.1) is 0 Å². The lowest BCUT2D eigenvalue weighted by Crippen LogP contribution is -2.51. The summed E-state index contributed by atoms with van der Waals surface area (Å²) in [5, 5.41) is 26.3. The van der Waals surface area contributed by atoms with E-state index in [9.17, 15) is 32.0 Å². The lowest BCUT2D eigenvalue weighted by molar-refractivity contribution is -0.155. The maximum absolute atomic E-state index is 11.7. The Morgan fingerprint density at radius 1 is 0.723 bits per heavy atom. The molecule has 368 valence electrons. The van der Waals surface area contributed by atoms with E-state index in [0.717, 1.165) is 65.0 Å². The van der Waals surface area contributed by atoms with Crippen LogP contribution in [0.2, 0.25) is 0 Å². The van der Waals surface area contributed by atoms with E-state index >= 15 is 0 Å². The Morgan fingerprint density at radius 3 is 1.51 bits per heavy atom. The molecular weight excluding hydrogens is 926 g/mol. The largest absolute Gasteiger partial charge is 0.486 e. The smallest absolute Gasteiger partial charge is 0.306 e. The highest BCUT2D eigenvalue weighted by atomic mass is 35.5. The summed E-state index contributed by atoms with van der Waals surface area (Å²) < 4.78 is 75.7. The van der Waals surface area contributed by atoms with Crippen LogP contribution in [-0.4, -0.2) is 156 Å². The number of nitrogens with zero attached hydrogens (tertiary/aromatic N) is 4. The fourth-order valence-corrected chi connectivity index (χ4v) is 9.97. The zero-order chi connectivity index (χ0) is 45.9. The van der Waals surface area contributed by atoms with E-state index in [2.05, 4.69) is 20.1 Å². The van der Waals surface area contributed by atoms with Crippen LogP contribution >= 0.6 is 24.8 Å². The first-order valence-electron chi connectivity index (χ1n) is 21.7. The molecule has 2 aromatic rings. The molecule has 65 heavy (non-hydrogen) atoms. The quantitative estimate of drug-likeness (QED) is 0.0869. The molecule has 2 fully saturated rings. The number of ether oxygens (including phenoxy) is 5. The van der Waals surface area contributed by atoms with Gasteiger partial charge in [-0.3, -0.25) is 4.79 Å². The second-order valence-corrected chi connectivity index (χ2v) is 22.5. The van der Waals surface area contributed by atoms with Gasteiger partial charge in [-0.15, -0.1) is 24.8 Å². The van der Waals surface area contributed by atoms with Gasteiger partial charge in [0, 0.05) is 121 Å². The van der Waals surface area contributed by atoms with Crippen LogP contribution in [0.5, 0.6) is 11.5 Å². The summed E-state index contributed by atoms with van der Waals surface area (Å²) in [6.07, 6.45) is 7.61. The van der Waals surface area contributed by atoms with Gasteiger partial charge < -0.3 is 49.6 Å². The maximum Gasteiger partial charge on any atom is 0.306 e. The molecule has 2 spiro atoms. The summed E-state index contributed by atoms with van der Waals surface area (Å²) in [5.74, 6) is 0.959. The highest BCUT2D eigenvalue weighted by molar-refractivity contribution is 7.90. The molecule has 0 radical (unpaired) electrons. The predicted molar refractivity (Wildman–Crippen MR) is 254 cm³/mol. The van der Waals surface area contributed by atoms with Gasteiger partial charge in [0.2, 0.25) is 0 Å². The fraction of sp³-hybridized carbons (Fsp3) is 0.659. The number of hydrogen-bond donors (Lipinski definition) is 3. The van der Waals surface area contributed by atoms with Gasteiger partial charge in [0.05, 0.1) is 42.7 Å². The van der Waals surface area contributed by atoms with Crippen LogP contribution in [0.25, 0.3) is 0 Å². The van der Waals surface area contributed by atoms with Crippen LogP contribution in [0.15, 0.2) is 46.7 Å². The Morgan fingerprint density at radius 2 is 1.14 bits per heavy atom. The number of rotatable bonds is 16. The third kappa shape index (κ3) is 17.7. The van der Waals surface area contributed by atoms with Crippen LogP contribution in [0.1, 0.15) is 94.4 Å². The summed E-state index contributed by atoms with van der Waals surface area (Å²) in [4.78, 5) is 16.4. The van der Waals surface area contributed by atoms with E-state index in [1.165, 1.54) is 12.5 Å². The minimum absolute atomic E-state index is 0. The van der Waals surface area contributed by atoms with Gasteiger partial charge in [-0.25, -0.2) is 16.8 Å². The Bertz CT molecular complexity index is 2150. The molecule has 4 heterocycles. The molecule has 2 aromatic carbocycles. The number of oxime groups is 2. The SMILES string of the molecule is CC(C)(C)OC(=O)CCCOCCN1CCC2(CC1)C/C(=N/O)c1cc(CS(C)(=O)=O)ccc1O2.CS(=O)(=O)Cc1ccc2c(c1)/C(=N\O)CC1(CCN(CCOCCN)CC1)O2.Cl.Cl. The lowest BCUT2D eigenvalue weighted by Gasteiger charge is -2.44. The van der Waals surface area contributed by atoms with Crippen molar-refractivity contribution in [3.05, 3.63) is 58.7 Å². The molecule has 0 amide bonds. The molecule has 6 rings (SSSR count). The second kappa shape index (κ2) is 24.7. The lowest BCUT2D eigenvalue weighted by atomic mass is 9.82. The Balaban J connectivity index is 0.000000342. The second-order valence-electron chi connectivity index (χ2n) is 18.2. The van der Waals surface area contributed by atoms with Crippen molar-refractivity contribution in [1.82, 2.24) is 9.80 Å².